The van der Waals surface area contributed by atoms with E-state index in [1.165, 1.54) is 5.56 Å². The lowest BCUT2D eigenvalue weighted by atomic mass is 10.0. The van der Waals surface area contributed by atoms with E-state index in [0.29, 0.717) is 18.9 Å². The molecule has 82 valence electrons. The van der Waals surface area contributed by atoms with Crippen LogP contribution in [0.25, 0.3) is 0 Å². The summed E-state index contributed by atoms with van der Waals surface area (Å²) in [6, 6.07) is 8.24. The molecule has 0 fully saturated rings. The number of benzene rings is 1. The summed E-state index contributed by atoms with van der Waals surface area (Å²) < 4.78 is 0. The molecule has 0 aliphatic heterocycles. The highest BCUT2D eigenvalue weighted by molar-refractivity contribution is 5.74. The zero-order chi connectivity index (χ0) is 11.3. The number of anilines is 1. The normalized spacial score (nSPS) is 10.3. The lowest BCUT2D eigenvalue weighted by Crippen LogP contribution is -2.15. The molecule has 1 amide bonds. The van der Waals surface area contributed by atoms with Gasteiger partial charge in [0.15, 0.2) is 0 Å². The number of nitrogens with two attached hydrogens (primary N) is 1. The average molecular weight is 206 g/mol. The van der Waals surface area contributed by atoms with Gasteiger partial charge in [0.2, 0.25) is 5.91 Å². The van der Waals surface area contributed by atoms with Crippen molar-refractivity contribution in [3.8, 4) is 0 Å². The van der Waals surface area contributed by atoms with Crippen molar-refractivity contribution in [1.82, 2.24) is 0 Å². The Morgan fingerprint density at radius 3 is 2.40 bits per heavy atom. The number of hydrogen-bond donors (Lipinski definition) is 2. The number of amides is 1. The third kappa shape index (κ3) is 4.02. The summed E-state index contributed by atoms with van der Waals surface area (Å²) in [6.45, 7) is 4.92. The average Bonchev–Trinajstić information content (AvgIpc) is 2.18. The SMILES string of the molecule is CC(C)c1ccc(NCCC(N)=O)cc1. The molecule has 3 nitrogen and oxygen atoms in total. The molecule has 1 aromatic carbocycles. The van der Waals surface area contributed by atoms with E-state index in [4.69, 9.17) is 5.73 Å². The van der Waals surface area contributed by atoms with Crippen molar-refractivity contribution in [2.45, 2.75) is 26.2 Å². The molecule has 0 unspecified atom stereocenters. The molecule has 0 spiro atoms. The number of rotatable bonds is 5. The first kappa shape index (κ1) is 11.6. The highest BCUT2D eigenvalue weighted by Crippen LogP contribution is 2.16. The first-order valence-corrected chi connectivity index (χ1v) is 5.21. The van der Waals surface area contributed by atoms with E-state index in [1.807, 2.05) is 12.1 Å². The van der Waals surface area contributed by atoms with Gasteiger partial charge in [0.1, 0.15) is 0 Å². The van der Waals surface area contributed by atoms with Crippen LogP contribution < -0.4 is 11.1 Å². The van der Waals surface area contributed by atoms with Gasteiger partial charge in [0.25, 0.3) is 0 Å². The van der Waals surface area contributed by atoms with E-state index < -0.39 is 0 Å². The summed E-state index contributed by atoms with van der Waals surface area (Å²) in [6.07, 6.45) is 0.367. The molecule has 0 bridgehead atoms. The van der Waals surface area contributed by atoms with Crippen molar-refractivity contribution in [2.24, 2.45) is 5.73 Å². The Hall–Kier alpha value is -1.51. The maximum absolute atomic E-state index is 10.5. The van der Waals surface area contributed by atoms with E-state index in [1.54, 1.807) is 0 Å². The second-order valence-electron chi connectivity index (χ2n) is 3.92. The van der Waals surface area contributed by atoms with E-state index in [9.17, 15) is 4.79 Å². The van der Waals surface area contributed by atoms with Gasteiger partial charge in [-0.1, -0.05) is 26.0 Å². The molecule has 3 heteroatoms. The third-order valence-electron chi connectivity index (χ3n) is 2.28. The molecule has 3 N–H and O–H groups in total. The number of primary amides is 1. The van der Waals surface area contributed by atoms with Crippen LogP contribution in [0.3, 0.4) is 0 Å². The maximum Gasteiger partial charge on any atom is 0.219 e. The van der Waals surface area contributed by atoms with E-state index in [-0.39, 0.29) is 5.91 Å². The van der Waals surface area contributed by atoms with Crippen molar-refractivity contribution in [1.29, 1.82) is 0 Å². The fourth-order valence-electron chi connectivity index (χ4n) is 1.32. The summed E-state index contributed by atoms with van der Waals surface area (Å²) in [5.41, 5.74) is 7.39. The van der Waals surface area contributed by atoms with Gasteiger partial charge in [-0.05, 0) is 23.6 Å². The minimum absolute atomic E-state index is 0.277. The Morgan fingerprint density at radius 1 is 1.33 bits per heavy atom. The van der Waals surface area contributed by atoms with Crippen LogP contribution in [-0.4, -0.2) is 12.5 Å². The van der Waals surface area contributed by atoms with Gasteiger partial charge in [0.05, 0.1) is 0 Å². The smallest absolute Gasteiger partial charge is 0.219 e. The second-order valence-corrected chi connectivity index (χ2v) is 3.92. The van der Waals surface area contributed by atoms with Gasteiger partial charge >= 0.3 is 0 Å². The number of carbonyl (C=O) groups excluding carboxylic acids is 1. The van der Waals surface area contributed by atoms with Crippen LogP contribution in [0.2, 0.25) is 0 Å². The molecule has 15 heavy (non-hydrogen) atoms. The monoisotopic (exact) mass is 206 g/mol. The van der Waals surface area contributed by atoms with Gasteiger partial charge in [-0.15, -0.1) is 0 Å². The Balaban J connectivity index is 2.46. The Morgan fingerprint density at radius 2 is 1.93 bits per heavy atom. The van der Waals surface area contributed by atoms with Crippen molar-refractivity contribution in [2.75, 3.05) is 11.9 Å². The Labute approximate surface area is 90.7 Å². The van der Waals surface area contributed by atoms with Crippen LogP contribution in [0.15, 0.2) is 24.3 Å². The predicted molar refractivity (Wildman–Crippen MR) is 62.8 cm³/mol. The van der Waals surface area contributed by atoms with Crippen LogP contribution >= 0.6 is 0 Å². The molecule has 0 aliphatic rings. The molecule has 1 aromatic rings. The number of nitrogens with one attached hydrogen (secondary N) is 1. The molecular formula is C12H18N2O. The van der Waals surface area contributed by atoms with Crippen molar-refractivity contribution < 1.29 is 4.79 Å². The third-order valence-corrected chi connectivity index (χ3v) is 2.28. The first-order chi connectivity index (χ1) is 7.09. The Kier molecular flexibility index (Phi) is 4.16. The summed E-state index contributed by atoms with van der Waals surface area (Å²) in [5.74, 6) is 0.269. The zero-order valence-electron chi connectivity index (χ0n) is 9.29. The predicted octanol–water partition coefficient (Wildman–Crippen LogP) is 2.10. The van der Waals surface area contributed by atoms with Crippen LogP contribution in [-0.2, 0) is 4.79 Å². The molecule has 0 atom stereocenters. The van der Waals surface area contributed by atoms with E-state index >= 15 is 0 Å². The van der Waals surface area contributed by atoms with Crippen LogP contribution in [0.1, 0.15) is 31.7 Å². The molecule has 0 aromatic heterocycles. The number of hydrogen-bond acceptors (Lipinski definition) is 2. The molecule has 0 saturated carbocycles. The molecule has 0 heterocycles. The quantitative estimate of drug-likeness (QED) is 0.775. The summed E-state index contributed by atoms with van der Waals surface area (Å²) in [4.78, 5) is 10.5. The minimum Gasteiger partial charge on any atom is -0.385 e. The summed E-state index contributed by atoms with van der Waals surface area (Å²) >= 11 is 0. The van der Waals surface area contributed by atoms with Crippen molar-refractivity contribution >= 4 is 11.6 Å². The standard InChI is InChI=1S/C12H18N2O/c1-9(2)10-3-5-11(6-4-10)14-8-7-12(13)15/h3-6,9,14H,7-8H2,1-2H3,(H2,13,15). The second kappa shape index (κ2) is 5.39. The molecular weight excluding hydrogens is 188 g/mol. The first-order valence-electron chi connectivity index (χ1n) is 5.21. The lowest BCUT2D eigenvalue weighted by molar-refractivity contribution is -0.117. The summed E-state index contributed by atoms with van der Waals surface area (Å²) in [7, 11) is 0. The van der Waals surface area contributed by atoms with Gasteiger partial charge in [-0.3, -0.25) is 4.79 Å². The van der Waals surface area contributed by atoms with Crippen LogP contribution in [0.4, 0.5) is 5.69 Å². The Bertz CT molecular complexity index is 317. The molecule has 1 rings (SSSR count). The van der Waals surface area contributed by atoms with Crippen LogP contribution in [0.5, 0.6) is 0 Å². The molecule has 0 radical (unpaired) electrons. The highest BCUT2D eigenvalue weighted by atomic mass is 16.1. The fraction of sp³-hybridized carbons (Fsp3) is 0.417. The lowest BCUT2D eigenvalue weighted by Gasteiger charge is -2.08. The minimum atomic E-state index is -0.277. The topological polar surface area (TPSA) is 55.1 Å². The largest absolute Gasteiger partial charge is 0.385 e. The van der Waals surface area contributed by atoms with E-state index in [2.05, 4.69) is 31.3 Å². The van der Waals surface area contributed by atoms with Gasteiger partial charge < -0.3 is 11.1 Å². The molecule has 0 saturated heterocycles. The van der Waals surface area contributed by atoms with Crippen LogP contribution in [0, 0.1) is 0 Å². The molecule has 0 aliphatic carbocycles. The zero-order valence-corrected chi connectivity index (χ0v) is 9.29. The van der Waals surface area contributed by atoms with Gasteiger partial charge in [-0.25, -0.2) is 0 Å². The van der Waals surface area contributed by atoms with Gasteiger partial charge in [-0.2, -0.15) is 0 Å². The maximum atomic E-state index is 10.5. The van der Waals surface area contributed by atoms with Crippen molar-refractivity contribution in [3.63, 3.8) is 0 Å². The highest BCUT2D eigenvalue weighted by Gasteiger charge is 1.99. The van der Waals surface area contributed by atoms with Gasteiger partial charge in [0, 0.05) is 18.7 Å². The number of carbonyl (C=O) groups is 1. The van der Waals surface area contributed by atoms with E-state index in [0.717, 1.165) is 5.69 Å². The summed E-state index contributed by atoms with van der Waals surface area (Å²) in [5, 5.41) is 3.14. The fourth-order valence-corrected chi connectivity index (χ4v) is 1.32. The van der Waals surface area contributed by atoms with Crippen molar-refractivity contribution in [3.05, 3.63) is 29.8 Å².